The van der Waals surface area contributed by atoms with E-state index >= 15 is 0 Å². The van der Waals surface area contributed by atoms with Gasteiger partial charge < -0.3 is 0 Å². The Hall–Kier alpha value is -3.19. The second-order valence-electron chi connectivity index (χ2n) is 4.92. The molecule has 0 saturated heterocycles. The second-order valence-corrected chi connectivity index (χ2v) is 4.92. The first kappa shape index (κ1) is 13.8. The fourth-order valence-electron chi connectivity index (χ4n) is 2.22. The zero-order chi connectivity index (χ0) is 15.4. The van der Waals surface area contributed by atoms with Crippen LogP contribution in [0.1, 0.15) is 15.9 Å². The van der Waals surface area contributed by atoms with E-state index in [1.807, 2.05) is 60.7 Å². The molecule has 0 aliphatic rings. The number of carbonyl (C=O) groups is 1. The van der Waals surface area contributed by atoms with Crippen LogP contribution >= 0.6 is 0 Å². The predicted octanol–water partition coefficient (Wildman–Crippen LogP) is 3.30. The van der Waals surface area contributed by atoms with E-state index < -0.39 is 0 Å². The van der Waals surface area contributed by atoms with Gasteiger partial charge in [-0.1, -0.05) is 54.6 Å². The molecule has 3 aromatic rings. The summed E-state index contributed by atoms with van der Waals surface area (Å²) in [4.78, 5) is 12.1. The number of rotatable bonds is 3. The minimum Gasteiger partial charge on any atom is -0.272 e. The lowest BCUT2D eigenvalue weighted by Gasteiger charge is -2.04. The third-order valence-corrected chi connectivity index (χ3v) is 3.38. The van der Waals surface area contributed by atoms with Crippen LogP contribution in [0.4, 0.5) is 0 Å². The molecule has 4 nitrogen and oxygen atoms in total. The monoisotopic (exact) mass is 287 g/mol. The molecule has 3 rings (SSSR count). The SMILES string of the molecule is N#Cc1cnn(C(=O)Cc2ccc(-c3ccccc3)cc2)c1. The van der Waals surface area contributed by atoms with Gasteiger partial charge in [-0.15, -0.1) is 0 Å². The number of hydrogen-bond acceptors (Lipinski definition) is 3. The summed E-state index contributed by atoms with van der Waals surface area (Å²) in [5.41, 5.74) is 3.56. The summed E-state index contributed by atoms with van der Waals surface area (Å²) in [7, 11) is 0. The van der Waals surface area contributed by atoms with Crippen LogP contribution in [0.5, 0.6) is 0 Å². The minimum absolute atomic E-state index is 0.158. The van der Waals surface area contributed by atoms with Gasteiger partial charge in [0.2, 0.25) is 0 Å². The Morgan fingerprint density at radius 1 is 1.05 bits per heavy atom. The van der Waals surface area contributed by atoms with Crippen LogP contribution in [0.2, 0.25) is 0 Å². The molecule has 1 heterocycles. The van der Waals surface area contributed by atoms with Crippen LogP contribution in [-0.2, 0) is 6.42 Å². The summed E-state index contributed by atoms with van der Waals surface area (Å²) in [6, 6.07) is 19.9. The van der Waals surface area contributed by atoms with E-state index in [0.29, 0.717) is 5.56 Å². The molecule has 106 valence electrons. The summed E-state index contributed by atoms with van der Waals surface area (Å²) in [5.74, 6) is -0.158. The maximum atomic E-state index is 12.1. The van der Waals surface area contributed by atoms with Gasteiger partial charge in [0.15, 0.2) is 0 Å². The van der Waals surface area contributed by atoms with Crippen LogP contribution < -0.4 is 0 Å². The van der Waals surface area contributed by atoms with Gasteiger partial charge in [0.05, 0.1) is 24.4 Å². The van der Waals surface area contributed by atoms with Crippen molar-refractivity contribution >= 4 is 5.91 Å². The Labute approximate surface area is 128 Å². The molecule has 0 amide bonds. The first-order chi connectivity index (χ1) is 10.8. The van der Waals surface area contributed by atoms with E-state index in [1.165, 1.54) is 17.1 Å². The van der Waals surface area contributed by atoms with Gasteiger partial charge in [0.25, 0.3) is 5.91 Å². The third kappa shape index (κ3) is 2.94. The van der Waals surface area contributed by atoms with Crippen molar-refractivity contribution in [3.8, 4) is 17.2 Å². The van der Waals surface area contributed by atoms with Gasteiger partial charge in [-0.2, -0.15) is 10.4 Å². The average Bonchev–Trinajstić information content (AvgIpc) is 3.06. The summed E-state index contributed by atoms with van der Waals surface area (Å²) in [6.45, 7) is 0. The molecule has 0 unspecified atom stereocenters. The van der Waals surface area contributed by atoms with E-state index in [-0.39, 0.29) is 12.3 Å². The molecular weight excluding hydrogens is 274 g/mol. The molecule has 0 atom stereocenters. The highest BCUT2D eigenvalue weighted by atomic mass is 16.2. The van der Waals surface area contributed by atoms with E-state index in [4.69, 9.17) is 5.26 Å². The van der Waals surface area contributed by atoms with Gasteiger partial charge in [-0.25, -0.2) is 4.68 Å². The highest BCUT2D eigenvalue weighted by Gasteiger charge is 2.08. The Morgan fingerprint density at radius 2 is 1.73 bits per heavy atom. The standard InChI is InChI=1S/C18H13N3O/c19-11-15-12-20-21(13-15)18(22)10-14-6-8-17(9-7-14)16-4-2-1-3-5-16/h1-9,12-13H,10H2. The molecule has 0 aliphatic heterocycles. The van der Waals surface area contributed by atoms with Crippen molar-refractivity contribution in [1.29, 1.82) is 5.26 Å². The Morgan fingerprint density at radius 3 is 2.36 bits per heavy atom. The summed E-state index contributed by atoms with van der Waals surface area (Å²) in [6.07, 6.45) is 3.08. The van der Waals surface area contributed by atoms with E-state index in [2.05, 4.69) is 5.10 Å². The Balaban J connectivity index is 1.74. The number of benzene rings is 2. The molecule has 0 fully saturated rings. The molecule has 0 N–H and O–H groups in total. The normalized spacial score (nSPS) is 10.1. The molecule has 0 bridgehead atoms. The van der Waals surface area contributed by atoms with Crippen molar-refractivity contribution in [1.82, 2.24) is 9.78 Å². The first-order valence-electron chi connectivity index (χ1n) is 6.88. The highest BCUT2D eigenvalue weighted by molar-refractivity contribution is 5.80. The first-order valence-corrected chi connectivity index (χ1v) is 6.88. The van der Waals surface area contributed by atoms with Crippen LogP contribution in [0.3, 0.4) is 0 Å². The van der Waals surface area contributed by atoms with Gasteiger partial charge in [-0.3, -0.25) is 4.79 Å². The van der Waals surface area contributed by atoms with Crippen LogP contribution in [0.15, 0.2) is 67.0 Å². The zero-order valence-electron chi connectivity index (χ0n) is 11.8. The molecule has 1 aromatic heterocycles. The summed E-state index contributed by atoms with van der Waals surface area (Å²) >= 11 is 0. The lowest BCUT2D eigenvalue weighted by molar-refractivity contribution is 0.0898. The van der Waals surface area contributed by atoms with Gasteiger partial charge in [0, 0.05) is 0 Å². The average molecular weight is 287 g/mol. The molecule has 0 radical (unpaired) electrons. The number of nitriles is 1. The van der Waals surface area contributed by atoms with Gasteiger partial charge >= 0.3 is 0 Å². The van der Waals surface area contributed by atoms with E-state index in [1.54, 1.807) is 0 Å². The number of nitrogens with zero attached hydrogens (tertiary/aromatic N) is 3. The number of hydrogen-bond donors (Lipinski definition) is 0. The second kappa shape index (κ2) is 6.06. The predicted molar refractivity (Wildman–Crippen MR) is 83.2 cm³/mol. The van der Waals surface area contributed by atoms with Crippen molar-refractivity contribution in [2.45, 2.75) is 6.42 Å². The lowest BCUT2D eigenvalue weighted by atomic mass is 10.0. The van der Waals surface area contributed by atoms with Crippen molar-refractivity contribution in [2.24, 2.45) is 0 Å². The molecule has 4 heteroatoms. The van der Waals surface area contributed by atoms with Crippen molar-refractivity contribution in [3.63, 3.8) is 0 Å². The quantitative estimate of drug-likeness (QED) is 0.742. The molecule has 0 spiro atoms. The third-order valence-electron chi connectivity index (χ3n) is 3.38. The maximum absolute atomic E-state index is 12.1. The molecule has 0 saturated carbocycles. The summed E-state index contributed by atoms with van der Waals surface area (Å²) in [5, 5.41) is 12.6. The Kier molecular flexibility index (Phi) is 3.80. The smallest absolute Gasteiger partial charge is 0.251 e. The fourth-order valence-corrected chi connectivity index (χ4v) is 2.22. The molecular formula is C18H13N3O. The van der Waals surface area contributed by atoms with Crippen molar-refractivity contribution in [2.75, 3.05) is 0 Å². The van der Waals surface area contributed by atoms with Crippen LogP contribution in [0, 0.1) is 11.3 Å². The number of aromatic nitrogens is 2. The lowest BCUT2D eigenvalue weighted by Crippen LogP contribution is -2.13. The van der Waals surface area contributed by atoms with Gasteiger partial charge in [-0.05, 0) is 16.7 Å². The van der Waals surface area contributed by atoms with E-state index in [0.717, 1.165) is 16.7 Å². The maximum Gasteiger partial charge on any atom is 0.251 e. The fraction of sp³-hybridized carbons (Fsp3) is 0.0556. The van der Waals surface area contributed by atoms with Gasteiger partial charge in [0.1, 0.15) is 6.07 Å². The van der Waals surface area contributed by atoms with Crippen molar-refractivity contribution < 1.29 is 4.79 Å². The minimum atomic E-state index is -0.158. The molecule has 2 aromatic carbocycles. The Bertz CT molecular complexity index is 827. The van der Waals surface area contributed by atoms with Crippen LogP contribution in [-0.4, -0.2) is 15.7 Å². The molecule has 0 aliphatic carbocycles. The highest BCUT2D eigenvalue weighted by Crippen LogP contribution is 2.19. The van der Waals surface area contributed by atoms with E-state index in [9.17, 15) is 4.79 Å². The summed E-state index contributed by atoms with van der Waals surface area (Å²) < 4.78 is 1.21. The number of carbonyl (C=O) groups excluding carboxylic acids is 1. The van der Waals surface area contributed by atoms with Crippen LogP contribution in [0.25, 0.3) is 11.1 Å². The van der Waals surface area contributed by atoms with Crippen molar-refractivity contribution in [3.05, 3.63) is 78.1 Å². The topological polar surface area (TPSA) is 58.7 Å². The molecule has 22 heavy (non-hydrogen) atoms. The zero-order valence-corrected chi connectivity index (χ0v) is 11.8. The largest absolute Gasteiger partial charge is 0.272 e.